The summed E-state index contributed by atoms with van der Waals surface area (Å²) >= 11 is 0. The molecule has 0 radical (unpaired) electrons. The molecule has 2 aromatic carbocycles. The summed E-state index contributed by atoms with van der Waals surface area (Å²) in [5.74, 6) is 0.351. The lowest BCUT2D eigenvalue weighted by atomic mass is 10.1. The molecule has 0 aliphatic carbocycles. The summed E-state index contributed by atoms with van der Waals surface area (Å²) in [4.78, 5) is 24.5. The normalized spacial score (nSPS) is 13.7. The predicted molar refractivity (Wildman–Crippen MR) is 107 cm³/mol. The van der Waals surface area contributed by atoms with Gasteiger partial charge in [0.1, 0.15) is 18.7 Å². The highest BCUT2D eigenvalue weighted by atomic mass is 16.6. The molecule has 9 heteroatoms. The molecule has 3 aromatic rings. The van der Waals surface area contributed by atoms with Crippen molar-refractivity contribution in [3.05, 3.63) is 47.5 Å². The third-order valence-electron chi connectivity index (χ3n) is 4.83. The van der Waals surface area contributed by atoms with Gasteiger partial charge >= 0.3 is 5.97 Å². The molecule has 1 aliphatic rings. The van der Waals surface area contributed by atoms with Crippen LogP contribution < -0.4 is 14.8 Å². The van der Waals surface area contributed by atoms with Crippen molar-refractivity contribution >= 4 is 22.9 Å². The fourth-order valence-electron chi connectivity index (χ4n) is 3.24. The SMILES string of the molecule is CCn1nnc2cc(C(=O)OCC(=O)N[C@@H](C)c3ccc4c(c3)OCCO4)ccc21. The number of amides is 1. The molecule has 1 N–H and O–H groups in total. The van der Waals surface area contributed by atoms with E-state index in [-0.39, 0.29) is 12.6 Å². The molecule has 0 saturated carbocycles. The Balaban J connectivity index is 1.33. The summed E-state index contributed by atoms with van der Waals surface area (Å²) in [6, 6.07) is 10.2. The Morgan fingerprint density at radius 2 is 1.97 bits per heavy atom. The lowest BCUT2D eigenvalue weighted by molar-refractivity contribution is -0.124. The van der Waals surface area contributed by atoms with Crippen LogP contribution in [0.1, 0.15) is 35.8 Å². The second kappa shape index (κ2) is 8.40. The Bertz CT molecular complexity index is 1090. The smallest absolute Gasteiger partial charge is 0.338 e. The van der Waals surface area contributed by atoms with E-state index in [9.17, 15) is 9.59 Å². The number of nitrogens with one attached hydrogen (secondary N) is 1. The number of aryl methyl sites for hydroxylation is 1. The van der Waals surface area contributed by atoms with Gasteiger partial charge in [0.15, 0.2) is 18.1 Å². The van der Waals surface area contributed by atoms with Gasteiger partial charge in [0.2, 0.25) is 0 Å². The second-order valence-electron chi connectivity index (χ2n) is 6.88. The average Bonchev–Trinajstić information content (AvgIpc) is 3.19. The summed E-state index contributed by atoms with van der Waals surface area (Å²) < 4.78 is 18.0. The maximum atomic E-state index is 12.3. The number of hydrogen-bond donors (Lipinski definition) is 1. The monoisotopic (exact) mass is 410 g/mol. The van der Waals surface area contributed by atoms with Crippen LogP contribution in [-0.2, 0) is 16.1 Å². The van der Waals surface area contributed by atoms with Gasteiger partial charge in [-0.15, -0.1) is 5.10 Å². The number of ether oxygens (including phenoxy) is 3. The first-order valence-electron chi connectivity index (χ1n) is 9.74. The topological polar surface area (TPSA) is 105 Å². The number of esters is 1. The van der Waals surface area contributed by atoms with E-state index < -0.39 is 11.9 Å². The minimum atomic E-state index is -0.593. The number of aromatic nitrogens is 3. The van der Waals surface area contributed by atoms with E-state index in [1.54, 1.807) is 22.9 Å². The van der Waals surface area contributed by atoms with Crippen LogP contribution in [-0.4, -0.2) is 46.7 Å². The molecular formula is C21H22N4O5. The summed E-state index contributed by atoms with van der Waals surface area (Å²) in [5.41, 5.74) is 2.62. The van der Waals surface area contributed by atoms with Crippen LogP contribution in [0.3, 0.4) is 0 Å². The number of hydrogen-bond acceptors (Lipinski definition) is 7. The summed E-state index contributed by atoms with van der Waals surface area (Å²) in [6.45, 7) is 5.12. The van der Waals surface area contributed by atoms with Crippen molar-refractivity contribution in [3.63, 3.8) is 0 Å². The third kappa shape index (κ3) is 4.05. The molecular weight excluding hydrogens is 388 g/mol. The Hall–Kier alpha value is -3.62. The molecule has 0 spiro atoms. The Labute approximate surface area is 172 Å². The van der Waals surface area contributed by atoms with Gasteiger partial charge in [-0.2, -0.15) is 0 Å². The fourth-order valence-corrected chi connectivity index (χ4v) is 3.24. The first kappa shape index (κ1) is 19.7. The highest BCUT2D eigenvalue weighted by Crippen LogP contribution is 2.32. The highest BCUT2D eigenvalue weighted by molar-refractivity contribution is 5.94. The molecule has 0 unspecified atom stereocenters. The molecule has 1 atom stereocenters. The van der Waals surface area contributed by atoms with Crippen LogP contribution in [0.2, 0.25) is 0 Å². The molecule has 1 amide bonds. The van der Waals surface area contributed by atoms with Crippen molar-refractivity contribution in [3.8, 4) is 11.5 Å². The van der Waals surface area contributed by atoms with Crippen molar-refractivity contribution in [2.24, 2.45) is 0 Å². The zero-order valence-electron chi connectivity index (χ0n) is 16.8. The number of carbonyl (C=O) groups is 2. The Morgan fingerprint density at radius 1 is 1.17 bits per heavy atom. The number of carbonyl (C=O) groups excluding carboxylic acids is 2. The first-order valence-corrected chi connectivity index (χ1v) is 9.74. The van der Waals surface area contributed by atoms with Crippen molar-refractivity contribution < 1.29 is 23.8 Å². The first-order chi connectivity index (χ1) is 14.5. The van der Waals surface area contributed by atoms with Crippen molar-refractivity contribution in [1.82, 2.24) is 20.3 Å². The van der Waals surface area contributed by atoms with Crippen LogP contribution in [0.5, 0.6) is 11.5 Å². The summed E-state index contributed by atoms with van der Waals surface area (Å²) in [5, 5.41) is 10.9. The van der Waals surface area contributed by atoms with Gasteiger partial charge in [-0.05, 0) is 49.7 Å². The van der Waals surface area contributed by atoms with Gasteiger partial charge in [-0.25, -0.2) is 9.48 Å². The minimum Gasteiger partial charge on any atom is -0.486 e. The second-order valence-corrected chi connectivity index (χ2v) is 6.88. The number of benzene rings is 2. The summed E-state index contributed by atoms with van der Waals surface area (Å²) in [7, 11) is 0. The lowest BCUT2D eigenvalue weighted by Gasteiger charge is -2.21. The van der Waals surface area contributed by atoms with Crippen molar-refractivity contribution in [2.45, 2.75) is 26.4 Å². The molecule has 1 aromatic heterocycles. The van der Waals surface area contributed by atoms with Gasteiger partial charge in [-0.3, -0.25) is 4.79 Å². The standard InChI is InChI=1S/C21H22N4O5/c1-3-25-17-6-4-15(10-16(17)23-24-25)21(27)30-12-20(26)22-13(2)14-5-7-18-19(11-14)29-9-8-28-18/h4-7,10-11,13H,3,8-9,12H2,1-2H3,(H,22,26)/t13-/m0/s1. The minimum absolute atomic E-state index is 0.285. The Kier molecular flexibility index (Phi) is 5.51. The van der Waals surface area contributed by atoms with Gasteiger partial charge < -0.3 is 19.5 Å². The predicted octanol–water partition coefficient (Wildman–Crippen LogP) is 2.26. The molecule has 156 valence electrons. The van der Waals surface area contributed by atoms with Crippen LogP contribution in [0.4, 0.5) is 0 Å². The largest absolute Gasteiger partial charge is 0.486 e. The van der Waals surface area contributed by atoms with E-state index in [1.165, 1.54) is 0 Å². The molecule has 0 saturated heterocycles. The number of rotatable bonds is 6. The zero-order valence-corrected chi connectivity index (χ0v) is 16.8. The van der Waals surface area contributed by atoms with E-state index in [0.29, 0.717) is 42.3 Å². The average molecular weight is 410 g/mol. The maximum Gasteiger partial charge on any atom is 0.338 e. The van der Waals surface area contributed by atoms with E-state index in [4.69, 9.17) is 14.2 Å². The molecule has 9 nitrogen and oxygen atoms in total. The molecule has 2 heterocycles. The van der Waals surface area contributed by atoms with Crippen LogP contribution in [0.15, 0.2) is 36.4 Å². The van der Waals surface area contributed by atoms with Gasteiger partial charge in [0.05, 0.1) is 17.1 Å². The van der Waals surface area contributed by atoms with Crippen molar-refractivity contribution in [2.75, 3.05) is 19.8 Å². The van der Waals surface area contributed by atoms with Crippen LogP contribution in [0.25, 0.3) is 11.0 Å². The maximum absolute atomic E-state index is 12.3. The van der Waals surface area contributed by atoms with Gasteiger partial charge in [0, 0.05) is 6.54 Å². The zero-order chi connectivity index (χ0) is 21.1. The fraction of sp³-hybridized carbons (Fsp3) is 0.333. The number of nitrogens with zero attached hydrogens (tertiary/aromatic N) is 3. The highest BCUT2D eigenvalue weighted by Gasteiger charge is 2.17. The van der Waals surface area contributed by atoms with E-state index in [0.717, 1.165) is 11.1 Å². The molecule has 4 rings (SSSR count). The van der Waals surface area contributed by atoms with E-state index in [2.05, 4.69) is 15.6 Å². The molecule has 0 fully saturated rings. The third-order valence-corrected chi connectivity index (χ3v) is 4.83. The molecule has 30 heavy (non-hydrogen) atoms. The Morgan fingerprint density at radius 3 is 2.77 bits per heavy atom. The van der Waals surface area contributed by atoms with E-state index >= 15 is 0 Å². The van der Waals surface area contributed by atoms with Crippen LogP contribution >= 0.6 is 0 Å². The van der Waals surface area contributed by atoms with Crippen molar-refractivity contribution in [1.29, 1.82) is 0 Å². The van der Waals surface area contributed by atoms with Gasteiger partial charge in [0.25, 0.3) is 5.91 Å². The lowest BCUT2D eigenvalue weighted by Crippen LogP contribution is -2.31. The van der Waals surface area contributed by atoms with Crippen LogP contribution in [0, 0.1) is 0 Å². The molecule has 1 aliphatic heterocycles. The quantitative estimate of drug-likeness (QED) is 0.622. The number of fused-ring (bicyclic) bond motifs is 2. The van der Waals surface area contributed by atoms with E-state index in [1.807, 2.05) is 32.0 Å². The summed E-state index contributed by atoms with van der Waals surface area (Å²) in [6.07, 6.45) is 0. The van der Waals surface area contributed by atoms with Gasteiger partial charge in [-0.1, -0.05) is 11.3 Å². The molecule has 0 bridgehead atoms.